The van der Waals surface area contributed by atoms with Crippen LogP contribution in [0, 0.1) is 0 Å². The summed E-state index contributed by atoms with van der Waals surface area (Å²) in [6.45, 7) is 0. The average molecular weight is 272 g/mol. The van der Waals surface area contributed by atoms with E-state index in [0.717, 1.165) is 0 Å². The second-order valence-corrected chi connectivity index (χ2v) is 5.86. The lowest BCUT2D eigenvalue weighted by atomic mass is 10.2. The Labute approximate surface area is 104 Å². The number of rotatable bonds is 3. The van der Waals surface area contributed by atoms with Gasteiger partial charge in [-0.05, 0) is 11.6 Å². The van der Waals surface area contributed by atoms with Crippen LogP contribution >= 0.6 is 11.6 Å². The first kappa shape index (κ1) is 11.9. The van der Waals surface area contributed by atoms with E-state index in [-0.39, 0.29) is 16.5 Å². The fourth-order valence-electron chi connectivity index (χ4n) is 1.43. The number of aromatic amines is 1. The summed E-state index contributed by atoms with van der Waals surface area (Å²) in [6.07, 6.45) is 1.20. The van der Waals surface area contributed by atoms with Gasteiger partial charge in [0.05, 0.1) is 11.9 Å². The topological polar surface area (TPSA) is 88.8 Å². The van der Waals surface area contributed by atoms with Gasteiger partial charge in [0, 0.05) is 5.02 Å². The number of nitrogens with one attached hydrogen (secondary N) is 1. The van der Waals surface area contributed by atoms with Crippen LogP contribution in [-0.2, 0) is 15.6 Å². The van der Waals surface area contributed by atoms with E-state index in [4.69, 9.17) is 17.3 Å². The van der Waals surface area contributed by atoms with Gasteiger partial charge in [0.1, 0.15) is 10.7 Å². The summed E-state index contributed by atoms with van der Waals surface area (Å²) in [5.41, 5.74) is 6.02. The number of hydrogen-bond donors (Lipinski definition) is 2. The second kappa shape index (κ2) is 4.38. The van der Waals surface area contributed by atoms with Crippen LogP contribution in [0.1, 0.15) is 5.56 Å². The molecule has 0 atom stereocenters. The molecule has 1 aromatic heterocycles. The van der Waals surface area contributed by atoms with Crippen LogP contribution in [0.15, 0.2) is 35.4 Å². The maximum atomic E-state index is 12.0. The predicted octanol–water partition coefficient (Wildman–Crippen LogP) is 1.62. The van der Waals surface area contributed by atoms with Gasteiger partial charge in [0.25, 0.3) is 0 Å². The lowest BCUT2D eigenvalue weighted by Crippen LogP contribution is -2.06. The number of nitrogens with zero attached hydrogens (tertiary/aromatic N) is 1. The number of halogens is 1. The fourth-order valence-corrected chi connectivity index (χ4v) is 3.12. The highest BCUT2D eigenvalue weighted by Gasteiger charge is 2.21. The van der Waals surface area contributed by atoms with Crippen molar-refractivity contribution in [3.05, 3.63) is 41.0 Å². The van der Waals surface area contributed by atoms with Crippen molar-refractivity contribution in [2.75, 3.05) is 5.73 Å². The number of nitrogen functional groups attached to an aromatic ring is 1. The van der Waals surface area contributed by atoms with E-state index in [2.05, 4.69) is 10.2 Å². The molecule has 0 fully saturated rings. The smallest absolute Gasteiger partial charge is 0.187 e. The maximum Gasteiger partial charge on any atom is 0.187 e. The molecule has 0 aliphatic carbocycles. The molecule has 0 aliphatic heterocycles. The van der Waals surface area contributed by atoms with Gasteiger partial charge in [-0.25, -0.2) is 8.42 Å². The van der Waals surface area contributed by atoms with Crippen LogP contribution in [0.4, 0.5) is 5.82 Å². The molecule has 17 heavy (non-hydrogen) atoms. The third-order valence-electron chi connectivity index (χ3n) is 2.27. The molecule has 5 nitrogen and oxygen atoms in total. The van der Waals surface area contributed by atoms with Gasteiger partial charge in [0.15, 0.2) is 9.84 Å². The molecule has 0 saturated heterocycles. The van der Waals surface area contributed by atoms with Gasteiger partial charge >= 0.3 is 0 Å². The van der Waals surface area contributed by atoms with Crippen molar-refractivity contribution in [3.8, 4) is 0 Å². The van der Waals surface area contributed by atoms with E-state index >= 15 is 0 Å². The van der Waals surface area contributed by atoms with Crippen LogP contribution < -0.4 is 5.73 Å². The maximum absolute atomic E-state index is 12.0. The van der Waals surface area contributed by atoms with Crippen LogP contribution in [0.5, 0.6) is 0 Å². The van der Waals surface area contributed by atoms with Gasteiger partial charge < -0.3 is 5.73 Å². The van der Waals surface area contributed by atoms with Crippen molar-refractivity contribution in [3.63, 3.8) is 0 Å². The van der Waals surface area contributed by atoms with Crippen molar-refractivity contribution in [2.24, 2.45) is 0 Å². The number of benzene rings is 1. The van der Waals surface area contributed by atoms with Crippen LogP contribution in [0.25, 0.3) is 0 Å². The van der Waals surface area contributed by atoms with Gasteiger partial charge in [-0.1, -0.05) is 29.8 Å². The molecule has 0 aliphatic rings. The summed E-state index contributed by atoms with van der Waals surface area (Å²) in [5, 5.41) is 6.40. The largest absolute Gasteiger partial charge is 0.383 e. The zero-order chi connectivity index (χ0) is 12.5. The highest BCUT2D eigenvalue weighted by atomic mass is 35.5. The minimum Gasteiger partial charge on any atom is -0.383 e. The fraction of sp³-hybridized carbons (Fsp3) is 0.100. The molecule has 3 N–H and O–H groups in total. The minimum absolute atomic E-state index is 0.00239. The third-order valence-corrected chi connectivity index (χ3v) is 4.33. The SMILES string of the molecule is Nc1[nH]ncc1S(=O)(=O)Cc1ccccc1Cl. The highest BCUT2D eigenvalue weighted by Crippen LogP contribution is 2.23. The number of H-pyrrole nitrogens is 1. The number of sulfone groups is 1. The highest BCUT2D eigenvalue weighted by molar-refractivity contribution is 7.90. The molecule has 0 unspecified atom stereocenters. The number of anilines is 1. The molecule has 7 heteroatoms. The molecule has 2 aromatic rings. The van der Waals surface area contributed by atoms with Gasteiger partial charge in [-0.2, -0.15) is 5.10 Å². The first-order valence-corrected chi connectivity index (χ1v) is 6.79. The number of aromatic nitrogens is 2. The van der Waals surface area contributed by atoms with E-state index in [1.165, 1.54) is 6.20 Å². The summed E-state index contributed by atoms with van der Waals surface area (Å²) >= 11 is 5.91. The average Bonchev–Trinajstić information content (AvgIpc) is 2.68. The Morgan fingerprint density at radius 2 is 2.06 bits per heavy atom. The van der Waals surface area contributed by atoms with Crippen molar-refractivity contribution >= 4 is 27.3 Å². The monoisotopic (exact) mass is 271 g/mol. The van der Waals surface area contributed by atoms with Crippen LogP contribution in [0.3, 0.4) is 0 Å². The summed E-state index contributed by atoms with van der Waals surface area (Å²) in [5.74, 6) is -0.159. The Balaban J connectivity index is 2.37. The molecule has 90 valence electrons. The zero-order valence-corrected chi connectivity index (χ0v) is 10.3. The Hall–Kier alpha value is -1.53. The normalized spacial score (nSPS) is 11.6. The lowest BCUT2D eigenvalue weighted by molar-refractivity contribution is 0.596. The molecule has 0 amide bonds. The molecule has 1 heterocycles. The summed E-state index contributed by atoms with van der Waals surface area (Å²) < 4.78 is 24.1. The van der Waals surface area contributed by atoms with E-state index < -0.39 is 9.84 Å². The van der Waals surface area contributed by atoms with Gasteiger partial charge in [-0.15, -0.1) is 0 Å². The number of nitrogens with two attached hydrogens (primary N) is 1. The second-order valence-electron chi connectivity index (χ2n) is 3.50. The van der Waals surface area contributed by atoms with Crippen molar-refractivity contribution < 1.29 is 8.42 Å². The quantitative estimate of drug-likeness (QED) is 0.888. The summed E-state index contributed by atoms with van der Waals surface area (Å²) in [4.78, 5) is -0.00239. The zero-order valence-electron chi connectivity index (χ0n) is 8.72. The van der Waals surface area contributed by atoms with E-state index in [0.29, 0.717) is 10.6 Å². The Morgan fingerprint density at radius 1 is 1.35 bits per heavy atom. The van der Waals surface area contributed by atoms with Crippen molar-refractivity contribution in [1.82, 2.24) is 10.2 Å². The molecular weight excluding hydrogens is 262 g/mol. The predicted molar refractivity (Wildman–Crippen MR) is 65.3 cm³/mol. The first-order valence-electron chi connectivity index (χ1n) is 4.76. The lowest BCUT2D eigenvalue weighted by Gasteiger charge is -2.04. The van der Waals surface area contributed by atoms with E-state index in [1.54, 1.807) is 24.3 Å². The van der Waals surface area contributed by atoms with Crippen molar-refractivity contribution in [1.29, 1.82) is 0 Å². The number of hydrogen-bond acceptors (Lipinski definition) is 4. The minimum atomic E-state index is -3.53. The molecule has 0 saturated carbocycles. The summed E-state index contributed by atoms with van der Waals surface area (Å²) in [6, 6.07) is 6.78. The van der Waals surface area contributed by atoms with E-state index in [1.807, 2.05) is 0 Å². The van der Waals surface area contributed by atoms with E-state index in [9.17, 15) is 8.42 Å². The molecule has 1 aromatic carbocycles. The first-order chi connectivity index (χ1) is 8.00. The molecule has 2 rings (SSSR count). The third kappa shape index (κ3) is 2.42. The molecule has 0 bridgehead atoms. The molecule has 0 spiro atoms. The molecule has 0 radical (unpaired) electrons. The Kier molecular flexibility index (Phi) is 3.08. The van der Waals surface area contributed by atoms with Crippen molar-refractivity contribution in [2.45, 2.75) is 10.6 Å². The Bertz CT molecular complexity index is 637. The van der Waals surface area contributed by atoms with Crippen LogP contribution in [-0.4, -0.2) is 18.6 Å². The van der Waals surface area contributed by atoms with Crippen LogP contribution in [0.2, 0.25) is 5.02 Å². The van der Waals surface area contributed by atoms with Gasteiger partial charge in [0.2, 0.25) is 0 Å². The van der Waals surface area contributed by atoms with Gasteiger partial charge in [-0.3, -0.25) is 5.10 Å². The Morgan fingerprint density at radius 3 is 2.65 bits per heavy atom. The summed E-state index contributed by atoms with van der Waals surface area (Å²) in [7, 11) is -3.53. The standard InChI is InChI=1S/C10H10ClN3O2S/c11-8-4-2-1-3-7(8)6-17(15,16)9-5-13-14-10(9)12/h1-5H,6H2,(H3,12,13,14). The molecular formula is C10H10ClN3O2S.